The molecule has 0 aliphatic carbocycles. The van der Waals surface area contributed by atoms with Crippen molar-refractivity contribution in [3.63, 3.8) is 0 Å². The highest BCUT2D eigenvalue weighted by atomic mass is 35.5. The molecule has 1 N–H and O–H groups in total. The molecule has 0 bridgehead atoms. The molecule has 4 rings (SSSR count). The monoisotopic (exact) mass is 504 g/mol. The van der Waals surface area contributed by atoms with Gasteiger partial charge in [-0.15, -0.1) is 21.5 Å². The van der Waals surface area contributed by atoms with E-state index in [1.165, 1.54) is 23.1 Å². The van der Waals surface area contributed by atoms with Gasteiger partial charge < -0.3 is 10.1 Å². The van der Waals surface area contributed by atoms with Crippen molar-refractivity contribution in [2.75, 3.05) is 7.11 Å². The van der Waals surface area contributed by atoms with E-state index >= 15 is 0 Å². The molecule has 164 valence electrons. The molecule has 1 amide bonds. The third-order valence-electron chi connectivity index (χ3n) is 4.51. The second-order valence-corrected chi connectivity index (χ2v) is 9.36. The Hall–Kier alpha value is -2.52. The average Bonchev–Trinajstić information content (AvgIpc) is 3.47. The van der Waals surface area contributed by atoms with Gasteiger partial charge in [0.15, 0.2) is 11.0 Å². The number of thioether (sulfide) groups is 1. The fourth-order valence-electron chi connectivity index (χ4n) is 2.98. The summed E-state index contributed by atoms with van der Waals surface area (Å²) < 4.78 is 7.15. The Morgan fingerprint density at radius 1 is 1.16 bits per heavy atom. The quantitative estimate of drug-likeness (QED) is 0.304. The third kappa shape index (κ3) is 5.27. The smallest absolute Gasteiger partial charge is 0.261 e. The number of nitrogens with zero attached hydrogens (tertiary/aromatic N) is 3. The van der Waals surface area contributed by atoms with Crippen molar-refractivity contribution < 1.29 is 9.53 Å². The molecule has 0 saturated heterocycles. The first kappa shape index (κ1) is 22.7. The highest BCUT2D eigenvalue weighted by Crippen LogP contribution is 2.31. The minimum Gasteiger partial charge on any atom is -0.497 e. The van der Waals surface area contributed by atoms with E-state index in [9.17, 15) is 4.79 Å². The van der Waals surface area contributed by atoms with Crippen molar-refractivity contribution in [2.45, 2.75) is 17.5 Å². The third-order valence-corrected chi connectivity index (χ3v) is 6.91. The van der Waals surface area contributed by atoms with Gasteiger partial charge in [0.2, 0.25) is 0 Å². The number of carbonyl (C=O) groups excluding carboxylic acids is 1. The first-order chi connectivity index (χ1) is 15.5. The van der Waals surface area contributed by atoms with Crippen molar-refractivity contribution >= 4 is 52.2 Å². The number of aromatic nitrogens is 3. The highest BCUT2D eigenvalue weighted by molar-refractivity contribution is 7.98. The maximum atomic E-state index is 12.4. The van der Waals surface area contributed by atoms with Gasteiger partial charge in [-0.1, -0.05) is 53.2 Å². The molecule has 2 heterocycles. The zero-order valence-corrected chi connectivity index (χ0v) is 20.1. The molecule has 2 aromatic heterocycles. The van der Waals surface area contributed by atoms with E-state index in [0.29, 0.717) is 37.3 Å². The first-order valence-corrected chi connectivity index (χ1v) is 12.1. The topological polar surface area (TPSA) is 69.0 Å². The number of nitrogens with one attached hydrogen (secondary N) is 1. The number of methoxy groups -OCH3 is 1. The maximum Gasteiger partial charge on any atom is 0.261 e. The molecule has 10 heteroatoms. The second kappa shape index (κ2) is 10.4. The molecule has 0 radical (unpaired) electrons. The molecule has 32 heavy (non-hydrogen) atoms. The summed E-state index contributed by atoms with van der Waals surface area (Å²) in [6.07, 6.45) is 0. The summed E-state index contributed by atoms with van der Waals surface area (Å²) in [4.78, 5) is 13.0. The Labute approximate surface area is 203 Å². The Kier molecular flexibility index (Phi) is 7.36. The summed E-state index contributed by atoms with van der Waals surface area (Å²) in [7, 11) is 1.64. The normalized spacial score (nSPS) is 10.8. The van der Waals surface area contributed by atoms with Gasteiger partial charge in [0.1, 0.15) is 5.75 Å². The molecule has 0 aliphatic heterocycles. The van der Waals surface area contributed by atoms with Crippen molar-refractivity contribution in [3.8, 4) is 11.4 Å². The van der Waals surface area contributed by atoms with Crippen LogP contribution in [-0.2, 0) is 12.3 Å². The molecule has 2 aromatic carbocycles. The lowest BCUT2D eigenvalue weighted by Gasteiger charge is -2.13. The summed E-state index contributed by atoms with van der Waals surface area (Å²) in [5.74, 6) is 1.85. The van der Waals surface area contributed by atoms with Crippen molar-refractivity contribution in [1.29, 1.82) is 0 Å². The molecular weight excluding hydrogens is 487 g/mol. The molecule has 0 aliphatic rings. The predicted octanol–water partition coefficient (Wildman–Crippen LogP) is 5.87. The van der Waals surface area contributed by atoms with E-state index in [2.05, 4.69) is 15.5 Å². The summed E-state index contributed by atoms with van der Waals surface area (Å²) in [6, 6.07) is 16.7. The number of halogens is 2. The lowest BCUT2D eigenvalue weighted by molar-refractivity contribution is 0.0953. The van der Waals surface area contributed by atoms with Crippen LogP contribution in [-0.4, -0.2) is 27.8 Å². The van der Waals surface area contributed by atoms with Gasteiger partial charge in [0, 0.05) is 10.8 Å². The fourth-order valence-corrected chi connectivity index (χ4v) is 5.02. The minimum absolute atomic E-state index is 0.165. The number of amides is 1. The molecular formula is C22H18Cl2N4O2S2. The molecule has 0 atom stereocenters. The van der Waals surface area contributed by atoms with Crippen LogP contribution >= 0.6 is 46.3 Å². The SMILES string of the molecule is COc1cccc(CSc2nnc(CNC(=O)c3cccs3)n2-c2ccc(Cl)cc2Cl)c1. The summed E-state index contributed by atoms with van der Waals surface area (Å²) >= 11 is 15.5. The van der Waals surface area contributed by atoms with Crippen LogP contribution in [0, 0.1) is 0 Å². The zero-order valence-electron chi connectivity index (χ0n) is 16.9. The van der Waals surface area contributed by atoms with Crippen LogP contribution in [0.1, 0.15) is 21.1 Å². The van der Waals surface area contributed by atoms with Crippen LogP contribution in [0.2, 0.25) is 10.0 Å². The Balaban J connectivity index is 1.61. The summed E-state index contributed by atoms with van der Waals surface area (Å²) in [6.45, 7) is 0.197. The van der Waals surface area contributed by atoms with E-state index in [-0.39, 0.29) is 12.5 Å². The minimum atomic E-state index is -0.165. The molecule has 0 fully saturated rings. The van der Waals surface area contributed by atoms with E-state index in [0.717, 1.165) is 11.3 Å². The van der Waals surface area contributed by atoms with Crippen molar-refractivity contribution in [1.82, 2.24) is 20.1 Å². The average molecular weight is 505 g/mol. The van der Waals surface area contributed by atoms with Gasteiger partial charge in [-0.3, -0.25) is 9.36 Å². The second-order valence-electron chi connectivity index (χ2n) is 6.63. The van der Waals surface area contributed by atoms with Crippen LogP contribution in [0.5, 0.6) is 5.75 Å². The Morgan fingerprint density at radius 3 is 2.78 bits per heavy atom. The predicted molar refractivity (Wildman–Crippen MR) is 129 cm³/mol. The number of hydrogen-bond donors (Lipinski definition) is 1. The van der Waals surface area contributed by atoms with E-state index in [4.69, 9.17) is 27.9 Å². The van der Waals surface area contributed by atoms with Gasteiger partial charge >= 0.3 is 0 Å². The van der Waals surface area contributed by atoms with Crippen LogP contribution in [0.15, 0.2) is 65.1 Å². The van der Waals surface area contributed by atoms with Crippen molar-refractivity contribution in [3.05, 3.63) is 86.3 Å². The van der Waals surface area contributed by atoms with Crippen LogP contribution < -0.4 is 10.1 Å². The van der Waals surface area contributed by atoms with Gasteiger partial charge in [-0.05, 0) is 47.3 Å². The number of ether oxygens (including phenoxy) is 1. The van der Waals surface area contributed by atoms with E-state index in [1.807, 2.05) is 46.3 Å². The van der Waals surface area contributed by atoms with Crippen LogP contribution in [0.4, 0.5) is 0 Å². The lowest BCUT2D eigenvalue weighted by Crippen LogP contribution is -2.24. The molecule has 0 unspecified atom stereocenters. The Bertz CT molecular complexity index is 1230. The number of thiophene rings is 1. The number of benzene rings is 2. The standard InChI is InChI=1S/C22H18Cl2N4O2S2/c1-30-16-5-2-4-14(10-16)13-32-22-27-26-20(12-25-21(29)19-6-3-9-31-19)28(22)18-8-7-15(23)11-17(18)24/h2-11H,12-13H2,1H3,(H,25,29). The molecule has 0 saturated carbocycles. The molecule has 4 aromatic rings. The maximum absolute atomic E-state index is 12.4. The molecule has 6 nitrogen and oxygen atoms in total. The van der Waals surface area contributed by atoms with Gasteiger partial charge in [-0.2, -0.15) is 0 Å². The lowest BCUT2D eigenvalue weighted by atomic mass is 10.2. The largest absolute Gasteiger partial charge is 0.497 e. The Morgan fingerprint density at radius 2 is 2.03 bits per heavy atom. The van der Waals surface area contributed by atoms with E-state index in [1.54, 1.807) is 25.3 Å². The zero-order chi connectivity index (χ0) is 22.5. The van der Waals surface area contributed by atoms with Crippen molar-refractivity contribution in [2.24, 2.45) is 0 Å². The number of carbonyl (C=O) groups is 1. The summed E-state index contributed by atoms with van der Waals surface area (Å²) in [5.41, 5.74) is 1.77. The summed E-state index contributed by atoms with van der Waals surface area (Å²) in [5, 5.41) is 15.1. The van der Waals surface area contributed by atoms with Crippen LogP contribution in [0.25, 0.3) is 5.69 Å². The first-order valence-electron chi connectivity index (χ1n) is 9.52. The highest BCUT2D eigenvalue weighted by Gasteiger charge is 2.18. The fraction of sp³-hybridized carbons (Fsp3) is 0.136. The number of hydrogen-bond acceptors (Lipinski definition) is 6. The van der Waals surface area contributed by atoms with Crippen LogP contribution in [0.3, 0.4) is 0 Å². The van der Waals surface area contributed by atoms with Gasteiger partial charge in [0.25, 0.3) is 5.91 Å². The molecule has 0 spiro atoms. The van der Waals surface area contributed by atoms with Gasteiger partial charge in [0.05, 0.1) is 29.2 Å². The van der Waals surface area contributed by atoms with E-state index < -0.39 is 0 Å². The number of rotatable bonds is 8. The van der Waals surface area contributed by atoms with Gasteiger partial charge in [-0.25, -0.2) is 0 Å².